The fraction of sp³-hybridized carbons (Fsp3) is 1.00. The van der Waals surface area contributed by atoms with Crippen LogP contribution in [-0.2, 0) is 167 Å². The summed E-state index contributed by atoms with van der Waals surface area (Å²) >= 11 is -2.49. The average Bonchev–Trinajstić information content (AvgIpc) is 3.34. The van der Waals surface area contributed by atoms with Crippen LogP contribution in [0.1, 0.15) is 0 Å². The van der Waals surface area contributed by atoms with Crippen LogP contribution in [0.5, 0.6) is 0 Å². The maximum absolute atomic E-state index is 12.2. The van der Waals surface area contributed by atoms with Gasteiger partial charge in [0.2, 0.25) is 31.2 Å². The molecule has 0 aliphatic carbocycles. The Balaban J connectivity index is -0.000000988. The van der Waals surface area contributed by atoms with E-state index in [1.165, 1.54) is 0 Å². The predicted octanol–water partition coefficient (Wildman–Crippen LogP) is -39.7. The van der Waals surface area contributed by atoms with Crippen molar-refractivity contribution in [2.75, 3.05) is 26.9 Å². The Morgan fingerprint density at radius 1 is 0.341 bits per heavy atom. The van der Waals surface area contributed by atoms with Crippen LogP contribution < -0.4 is 332 Å². The summed E-state index contributed by atoms with van der Waals surface area (Å²) in [5.74, 6) is 0. The molecular weight excluding hydrogens is 1510 g/mol. The normalized spacial score (nSPS) is 27.4. The van der Waals surface area contributed by atoms with Crippen LogP contribution in [0.15, 0.2) is 0 Å². The number of hydrogen-bond acceptors (Lipinski definition) is 53. The van der Waals surface area contributed by atoms with Gasteiger partial charge in [0.1, 0.15) is 54.9 Å². The molecule has 3 rings (SSSR count). The van der Waals surface area contributed by atoms with Crippen molar-refractivity contribution < 1.29 is 507 Å². The van der Waals surface area contributed by atoms with Crippen molar-refractivity contribution in [1.29, 1.82) is 0 Å². The average molecular weight is 1540 g/mol. The quantitative estimate of drug-likeness (QED) is 0.0104. The van der Waals surface area contributed by atoms with E-state index in [1.54, 1.807) is 0 Å². The first-order chi connectivity index (χ1) is 35.8. The molecule has 15 atom stereocenters. The van der Waals surface area contributed by atoms with Gasteiger partial charge in [0.25, 0.3) is 0 Å². The van der Waals surface area contributed by atoms with E-state index in [0.717, 1.165) is 7.11 Å². The van der Waals surface area contributed by atoms with E-state index in [9.17, 15) is 75.7 Å². The fourth-order valence-electron chi connectivity index (χ4n) is 5.87. The fourth-order valence-corrected chi connectivity index (χ4v) is 9.66. The van der Waals surface area contributed by atoms with Gasteiger partial charge >= 0.3 is 296 Å². The molecule has 85 heavy (non-hydrogen) atoms. The van der Waals surface area contributed by atoms with Gasteiger partial charge in [0.15, 0.2) is 123 Å². The molecule has 0 aromatic carbocycles. The minimum absolute atomic E-state index is 0. The summed E-state index contributed by atoms with van der Waals surface area (Å²) in [6.45, 7) is -3.28. The second-order valence-electron chi connectivity index (χ2n) is 12.0. The van der Waals surface area contributed by atoms with Crippen molar-refractivity contribution in [3.05, 3.63) is 0 Å². The maximum atomic E-state index is 12.2. The monoisotopic (exact) mass is 1540 g/mol. The second kappa shape index (κ2) is 64.3. The van der Waals surface area contributed by atoms with Crippen molar-refractivity contribution in [3.8, 4) is 0 Å². The molecule has 3 saturated heterocycles. The van der Waals surface area contributed by atoms with Crippen molar-refractivity contribution in [2.45, 2.75) is 92.1 Å². The molecule has 0 spiro atoms. The van der Waals surface area contributed by atoms with Crippen molar-refractivity contribution in [2.24, 2.45) is 0 Å². The zero-order valence-corrected chi connectivity index (χ0v) is 72.8. The van der Waals surface area contributed by atoms with Crippen molar-refractivity contribution in [3.63, 3.8) is 0 Å². The summed E-state index contributed by atoms with van der Waals surface area (Å²) in [6, 6.07) is 0. The molecular formula is C19H24Na10O46S10. The molecule has 66 heteroatoms. The molecule has 0 amide bonds. The third-order valence-electron chi connectivity index (χ3n) is 8.11. The smallest absolute Gasteiger partial charge is 0.726 e. The topological polar surface area (TPSA) is 610 Å². The first kappa shape index (κ1) is 112. The van der Waals surface area contributed by atoms with Crippen LogP contribution in [0, 0.1) is 0 Å². The Bertz CT molecular complexity index is 1890. The summed E-state index contributed by atoms with van der Waals surface area (Å²) in [4.78, 5) is 0. The van der Waals surface area contributed by atoms with Gasteiger partial charge in [0, 0.05) is 7.11 Å². The summed E-state index contributed by atoms with van der Waals surface area (Å²) < 4.78 is 221. The standard InChI is InChI=1S/C19H34O46S10.10Na/c1-36-17-14(49-73(27,28)29)11(43-19-16(51-75(33,34)35)13(48-72-65-58-26)10(46-70-63-56-24)7(42-19)4-39-67-60-53-21)8(44-68-61-54-22)5(40-17)2-37-18-15(50-74(30,31)32)12(47-71-64-57-25)9(45-69-62-55-23)6(41-18)3-38-66-59-52-20;;;;;;;;;;/h5-26H,2-4H2,1H3,(H,27,28,29)(H,30,31,32)(H,33,34,35);;;;;;;;;;/q;10*+1/p-10/t5?,6?,7?,8-,9-,10-,11+,12+,13+,14?,15?,16?,17+,18-,19+;;;;;;;;;;/m1........../s1. The Kier molecular flexibility index (Phi) is 84.4. The molecule has 0 aromatic rings. The first-order valence-electron chi connectivity index (χ1n) is 17.4. The summed E-state index contributed by atoms with van der Waals surface area (Å²) in [6.07, 6.45) is -35.1. The summed E-state index contributed by atoms with van der Waals surface area (Å²) in [7, 11) is -17.4. The van der Waals surface area contributed by atoms with Crippen LogP contribution >= 0.6 is 86.3 Å². The Morgan fingerprint density at radius 3 is 0.918 bits per heavy atom. The summed E-state index contributed by atoms with van der Waals surface area (Å²) in [5, 5.41) is 95.9. The van der Waals surface area contributed by atoms with Gasteiger partial charge in [-0.25, -0.2) is 25.3 Å². The van der Waals surface area contributed by atoms with Gasteiger partial charge in [-0.2, -0.15) is 0 Å². The van der Waals surface area contributed by atoms with Crippen LogP contribution in [0.3, 0.4) is 0 Å². The molecule has 3 heterocycles. The SMILES string of the molecule is CO[C@H]1OC(CO[C@@H]2OC(COSOO[O-])[C@@H](OSOO[O-])[C@H](OSOO[O-])C2OS(=O)(=O)[O-])[C@@H](OSOO[O-])[C@H](O[C@@H]2OC(COSOO[O-])[C@@H](OSOO[O-])[C@H](OSOO[O-])C2OS(=O)(=O)[O-])C1OS(=O)(=O)[O-].[Na+].[Na+].[Na+].[Na+].[Na+].[Na+].[Na+].[Na+].[Na+].[Na+]. The molecule has 3 fully saturated rings. The van der Waals surface area contributed by atoms with Crippen LogP contribution in [0.2, 0.25) is 0 Å². The first-order valence-corrected chi connectivity index (χ1v) is 26.1. The molecule has 0 bridgehead atoms. The molecule has 6 unspecified atom stereocenters. The van der Waals surface area contributed by atoms with E-state index in [1.807, 2.05) is 0 Å². The van der Waals surface area contributed by atoms with Gasteiger partial charge in [-0.15, -0.1) is 30.3 Å². The predicted molar refractivity (Wildman–Crippen MR) is 192 cm³/mol. The van der Waals surface area contributed by atoms with Gasteiger partial charge in [-0.1, -0.05) is 0 Å². The Morgan fingerprint density at radius 2 is 0.600 bits per heavy atom. The molecule has 0 saturated carbocycles. The Labute approximate surface area is 730 Å². The number of methoxy groups -OCH3 is 1. The molecule has 446 valence electrons. The Hall–Kier alpha value is 10.7. The molecule has 3 aliphatic rings. The van der Waals surface area contributed by atoms with E-state index in [0.29, 0.717) is 0 Å². The van der Waals surface area contributed by atoms with Crippen LogP contribution in [-0.4, -0.2) is 158 Å². The molecule has 3 aliphatic heterocycles. The zero-order valence-electron chi connectivity index (χ0n) is 44.6. The van der Waals surface area contributed by atoms with Gasteiger partial charge < -0.3 is 78.9 Å². The minimum Gasteiger partial charge on any atom is -0.726 e. The van der Waals surface area contributed by atoms with E-state index in [2.05, 4.69) is 78.2 Å². The van der Waals surface area contributed by atoms with Crippen molar-refractivity contribution in [1.82, 2.24) is 0 Å². The van der Waals surface area contributed by atoms with Gasteiger partial charge in [-0.3, -0.25) is 77.1 Å². The van der Waals surface area contributed by atoms with E-state index < -0.39 is 180 Å². The van der Waals surface area contributed by atoms with Crippen molar-refractivity contribution >= 4 is 117 Å². The number of rotatable bonds is 42. The third kappa shape index (κ3) is 45.5. The zero-order chi connectivity index (χ0) is 55.4. The van der Waals surface area contributed by atoms with Gasteiger partial charge in [0.05, 0.1) is 19.8 Å². The van der Waals surface area contributed by atoms with Gasteiger partial charge in [-0.05, 0) is 0 Å². The molecule has 0 radical (unpaired) electrons. The minimum atomic E-state index is -6.10. The number of ether oxygens (including phenoxy) is 6. The van der Waals surface area contributed by atoms with E-state index >= 15 is 0 Å². The largest absolute Gasteiger partial charge is 1.00 e. The molecule has 0 aromatic heterocycles. The number of hydrogen-bond donors (Lipinski definition) is 0. The maximum Gasteiger partial charge on any atom is 1.00 e. The van der Waals surface area contributed by atoms with E-state index in [-0.39, 0.29) is 345 Å². The third-order valence-corrected chi connectivity index (χ3v) is 12.2. The molecule has 0 N–H and O–H groups in total. The van der Waals surface area contributed by atoms with Crippen LogP contribution in [0.4, 0.5) is 0 Å². The second-order valence-corrected chi connectivity index (χ2v) is 18.4. The van der Waals surface area contributed by atoms with E-state index in [4.69, 9.17) is 57.7 Å². The summed E-state index contributed by atoms with van der Waals surface area (Å²) in [5.41, 5.74) is 0. The van der Waals surface area contributed by atoms with Crippen LogP contribution in [0.25, 0.3) is 0 Å². The molecule has 46 nitrogen and oxygen atoms in total.